The van der Waals surface area contributed by atoms with Gasteiger partial charge in [-0.2, -0.15) is 0 Å². The zero-order chi connectivity index (χ0) is 15.7. The number of hydrogen-bond donors (Lipinski definition) is 0. The van der Waals surface area contributed by atoms with Crippen molar-refractivity contribution in [2.75, 3.05) is 14.2 Å². The molecule has 1 rings (SSSR count). The SMILES string of the molecule is COC(=O)CC#Cc1ccc(C(=O)CCC(=O)OC)cc1. The fourth-order valence-corrected chi connectivity index (χ4v) is 1.49. The topological polar surface area (TPSA) is 69.7 Å². The molecule has 1 aromatic carbocycles. The number of methoxy groups -OCH3 is 2. The predicted octanol–water partition coefficient (Wildman–Crippen LogP) is 1.74. The van der Waals surface area contributed by atoms with Gasteiger partial charge in [-0.3, -0.25) is 14.4 Å². The van der Waals surface area contributed by atoms with Crippen LogP contribution in [0.5, 0.6) is 0 Å². The molecule has 21 heavy (non-hydrogen) atoms. The van der Waals surface area contributed by atoms with Crippen molar-refractivity contribution in [3.05, 3.63) is 35.4 Å². The van der Waals surface area contributed by atoms with Crippen molar-refractivity contribution in [2.24, 2.45) is 0 Å². The van der Waals surface area contributed by atoms with E-state index in [2.05, 4.69) is 21.3 Å². The van der Waals surface area contributed by atoms with E-state index in [0.29, 0.717) is 11.1 Å². The van der Waals surface area contributed by atoms with Gasteiger partial charge in [0.2, 0.25) is 0 Å². The van der Waals surface area contributed by atoms with Crippen molar-refractivity contribution in [1.82, 2.24) is 0 Å². The maximum absolute atomic E-state index is 11.8. The molecule has 0 fully saturated rings. The summed E-state index contributed by atoms with van der Waals surface area (Å²) in [5.74, 6) is 4.55. The van der Waals surface area contributed by atoms with E-state index in [0.717, 1.165) is 0 Å². The van der Waals surface area contributed by atoms with Crippen LogP contribution in [0, 0.1) is 11.8 Å². The number of hydrogen-bond acceptors (Lipinski definition) is 5. The zero-order valence-electron chi connectivity index (χ0n) is 12.0. The van der Waals surface area contributed by atoms with Gasteiger partial charge in [0, 0.05) is 17.5 Å². The van der Waals surface area contributed by atoms with E-state index >= 15 is 0 Å². The minimum atomic E-state index is -0.409. The minimum Gasteiger partial charge on any atom is -0.469 e. The molecule has 0 bridgehead atoms. The van der Waals surface area contributed by atoms with Crippen LogP contribution in [0.3, 0.4) is 0 Å². The lowest BCUT2D eigenvalue weighted by Gasteiger charge is -2.00. The van der Waals surface area contributed by atoms with Gasteiger partial charge in [-0.25, -0.2) is 0 Å². The summed E-state index contributed by atoms with van der Waals surface area (Å²) in [6.07, 6.45) is 0.201. The molecule has 0 saturated carbocycles. The van der Waals surface area contributed by atoms with Crippen molar-refractivity contribution in [1.29, 1.82) is 0 Å². The smallest absolute Gasteiger partial charge is 0.317 e. The molecule has 0 radical (unpaired) electrons. The summed E-state index contributed by atoms with van der Waals surface area (Å²) in [5.41, 5.74) is 1.21. The lowest BCUT2D eigenvalue weighted by atomic mass is 10.0. The van der Waals surface area contributed by atoms with Gasteiger partial charge >= 0.3 is 11.9 Å². The average molecular weight is 288 g/mol. The highest BCUT2D eigenvalue weighted by Gasteiger charge is 2.09. The molecule has 0 atom stereocenters. The second kappa shape index (κ2) is 8.54. The molecule has 5 nitrogen and oxygen atoms in total. The first-order valence-electron chi connectivity index (χ1n) is 6.32. The molecular weight excluding hydrogens is 272 g/mol. The number of benzene rings is 1. The monoisotopic (exact) mass is 288 g/mol. The van der Waals surface area contributed by atoms with Crippen LogP contribution in [0.15, 0.2) is 24.3 Å². The Morgan fingerprint density at radius 2 is 1.57 bits per heavy atom. The van der Waals surface area contributed by atoms with Crippen LogP contribution in [0.4, 0.5) is 0 Å². The molecule has 5 heteroatoms. The van der Waals surface area contributed by atoms with E-state index in [1.54, 1.807) is 24.3 Å². The van der Waals surface area contributed by atoms with Crippen molar-refractivity contribution < 1.29 is 23.9 Å². The zero-order valence-corrected chi connectivity index (χ0v) is 12.0. The number of carbonyl (C=O) groups is 3. The summed E-state index contributed by atoms with van der Waals surface area (Å²) in [4.78, 5) is 33.7. The van der Waals surface area contributed by atoms with E-state index in [1.807, 2.05) is 0 Å². The first kappa shape index (κ1) is 16.4. The Kier molecular flexibility index (Phi) is 6.69. The van der Waals surface area contributed by atoms with Gasteiger partial charge in [0.25, 0.3) is 0 Å². The maximum atomic E-state index is 11.8. The molecule has 0 heterocycles. The molecule has 0 aliphatic heterocycles. The summed E-state index contributed by atoms with van der Waals surface area (Å²) in [5, 5.41) is 0. The van der Waals surface area contributed by atoms with Crippen molar-refractivity contribution in [2.45, 2.75) is 19.3 Å². The Morgan fingerprint density at radius 1 is 0.952 bits per heavy atom. The number of rotatable bonds is 5. The molecule has 0 amide bonds. The normalized spacial score (nSPS) is 9.24. The largest absolute Gasteiger partial charge is 0.469 e. The molecule has 0 N–H and O–H groups in total. The van der Waals surface area contributed by atoms with Crippen molar-refractivity contribution in [3.8, 4) is 11.8 Å². The first-order chi connectivity index (χ1) is 10.1. The molecule has 0 aliphatic rings. The summed E-state index contributed by atoms with van der Waals surface area (Å²) in [7, 11) is 2.59. The quantitative estimate of drug-likeness (QED) is 0.469. The molecule has 0 saturated heterocycles. The third-order valence-corrected chi connectivity index (χ3v) is 2.68. The Balaban J connectivity index is 2.59. The Hall–Kier alpha value is -2.61. The van der Waals surface area contributed by atoms with E-state index < -0.39 is 11.9 Å². The van der Waals surface area contributed by atoms with Crippen LogP contribution >= 0.6 is 0 Å². The van der Waals surface area contributed by atoms with Crippen LogP contribution in [-0.4, -0.2) is 31.9 Å². The van der Waals surface area contributed by atoms with E-state index in [1.165, 1.54) is 14.2 Å². The van der Waals surface area contributed by atoms with Crippen LogP contribution in [0.25, 0.3) is 0 Å². The number of ether oxygens (including phenoxy) is 2. The van der Waals surface area contributed by atoms with Crippen LogP contribution in [0.1, 0.15) is 35.2 Å². The molecular formula is C16H16O5. The van der Waals surface area contributed by atoms with Crippen LogP contribution < -0.4 is 0 Å². The Bertz CT molecular complexity index is 575. The standard InChI is InChI=1S/C16H16O5/c1-20-15(18)5-3-4-12-6-8-13(9-7-12)14(17)10-11-16(19)21-2/h6-9H,5,10-11H2,1-2H3. The highest BCUT2D eigenvalue weighted by atomic mass is 16.5. The maximum Gasteiger partial charge on any atom is 0.317 e. The molecule has 0 spiro atoms. The highest BCUT2D eigenvalue weighted by Crippen LogP contribution is 2.08. The number of esters is 2. The molecule has 0 unspecified atom stereocenters. The second-order valence-electron chi connectivity index (χ2n) is 4.13. The predicted molar refractivity (Wildman–Crippen MR) is 75.5 cm³/mol. The summed E-state index contributed by atoms with van der Waals surface area (Å²) in [6, 6.07) is 6.66. The van der Waals surface area contributed by atoms with Gasteiger partial charge in [-0.05, 0) is 12.1 Å². The fraction of sp³-hybridized carbons (Fsp3) is 0.312. The van der Waals surface area contributed by atoms with Gasteiger partial charge in [0.15, 0.2) is 5.78 Å². The molecule has 1 aromatic rings. The molecule has 110 valence electrons. The third kappa shape index (κ3) is 5.91. The van der Waals surface area contributed by atoms with E-state index in [4.69, 9.17) is 0 Å². The van der Waals surface area contributed by atoms with Crippen LogP contribution in [-0.2, 0) is 19.1 Å². The molecule has 0 aliphatic carbocycles. The van der Waals surface area contributed by atoms with Crippen molar-refractivity contribution in [3.63, 3.8) is 0 Å². The van der Waals surface area contributed by atoms with Gasteiger partial charge in [-0.1, -0.05) is 24.0 Å². The summed E-state index contributed by atoms with van der Waals surface area (Å²) in [6.45, 7) is 0. The second-order valence-corrected chi connectivity index (χ2v) is 4.13. The Labute approximate surface area is 123 Å². The van der Waals surface area contributed by atoms with Gasteiger partial charge in [-0.15, -0.1) is 0 Å². The van der Waals surface area contributed by atoms with E-state index in [9.17, 15) is 14.4 Å². The van der Waals surface area contributed by atoms with Gasteiger partial charge in [0.1, 0.15) is 6.42 Å². The third-order valence-electron chi connectivity index (χ3n) is 2.68. The lowest BCUT2D eigenvalue weighted by molar-refractivity contribution is -0.141. The fourth-order valence-electron chi connectivity index (χ4n) is 1.49. The first-order valence-corrected chi connectivity index (χ1v) is 6.32. The van der Waals surface area contributed by atoms with Crippen molar-refractivity contribution >= 4 is 17.7 Å². The minimum absolute atomic E-state index is 0.0241. The number of carbonyl (C=O) groups excluding carboxylic acids is 3. The average Bonchev–Trinajstić information content (AvgIpc) is 2.52. The Morgan fingerprint density at radius 3 is 2.14 bits per heavy atom. The number of ketones is 1. The van der Waals surface area contributed by atoms with Gasteiger partial charge in [0.05, 0.1) is 20.6 Å². The summed E-state index contributed by atoms with van der Waals surface area (Å²) < 4.78 is 8.95. The summed E-state index contributed by atoms with van der Waals surface area (Å²) >= 11 is 0. The number of Topliss-reactive ketones (excluding diaryl/α,β-unsaturated/α-hetero) is 1. The van der Waals surface area contributed by atoms with E-state index in [-0.39, 0.29) is 25.0 Å². The molecule has 0 aromatic heterocycles. The van der Waals surface area contributed by atoms with Crippen LogP contribution in [0.2, 0.25) is 0 Å². The lowest BCUT2D eigenvalue weighted by Crippen LogP contribution is -2.05. The highest BCUT2D eigenvalue weighted by molar-refractivity contribution is 5.97. The van der Waals surface area contributed by atoms with Gasteiger partial charge < -0.3 is 9.47 Å².